The molecule has 0 aliphatic carbocycles. The smallest absolute Gasteiger partial charge is 0.178 e. The topological polar surface area (TPSA) is 77.2 Å². The molecule has 7 nitrogen and oxygen atoms in total. The molecule has 8 heteroatoms. The lowest BCUT2D eigenvalue weighted by Crippen LogP contribution is -2.26. The lowest BCUT2D eigenvalue weighted by atomic mass is 10.1. The van der Waals surface area contributed by atoms with E-state index in [1.807, 2.05) is 61.7 Å². The molecule has 0 spiro atoms. The first-order chi connectivity index (χ1) is 16.5. The maximum Gasteiger partial charge on any atom is 0.178 e. The highest BCUT2D eigenvalue weighted by Gasteiger charge is 2.31. The Balaban J connectivity index is 1.48. The van der Waals surface area contributed by atoms with Gasteiger partial charge in [-0.05, 0) is 59.7 Å². The van der Waals surface area contributed by atoms with Crippen LogP contribution in [0.15, 0.2) is 36.4 Å². The van der Waals surface area contributed by atoms with Crippen molar-refractivity contribution in [3.63, 3.8) is 0 Å². The Kier molecular flexibility index (Phi) is 7.06. The Hall–Kier alpha value is -2.71. The third-order valence-electron chi connectivity index (χ3n) is 7.32. The van der Waals surface area contributed by atoms with Crippen molar-refractivity contribution in [1.82, 2.24) is 19.2 Å². The highest BCUT2D eigenvalue weighted by Crippen LogP contribution is 2.28. The van der Waals surface area contributed by atoms with Gasteiger partial charge in [0, 0.05) is 34.8 Å². The molecule has 3 heterocycles. The number of rotatable bonds is 8. The summed E-state index contributed by atoms with van der Waals surface area (Å²) < 4.78 is 28.0. The summed E-state index contributed by atoms with van der Waals surface area (Å²) in [4.78, 5) is 15.3. The number of likely N-dealkylation sites (N-methyl/N-ethyl adjacent to an activating group) is 1. The van der Waals surface area contributed by atoms with Gasteiger partial charge in [0.1, 0.15) is 0 Å². The number of hydrogen-bond acceptors (Lipinski definition) is 5. The van der Waals surface area contributed by atoms with Crippen LogP contribution in [0.2, 0.25) is 0 Å². The van der Waals surface area contributed by atoms with Crippen LogP contribution in [0.5, 0.6) is 0 Å². The monoisotopic (exact) mass is 496 g/mol. The average Bonchev–Trinajstić information content (AvgIpc) is 3.41. The summed E-state index contributed by atoms with van der Waals surface area (Å²) in [6.45, 7) is 11.1. The molecule has 0 unspecified atom stereocenters. The van der Waals surface area contributed by atoms with E-state index in [2.05, 4.69) is 35.6 Å². The van der Waals surface area contributed by atoms with Crippen molar-refractivity contribution in [3.05, 3.63) is 75.9 Å². The van der Waals surface area contributed by atoms with Gasteiger partial charge < -0.3 is 4.57 Å². The molecule has 1 aliphatic rings. The van der Waals surface area contributed by atoms with Crippen LogP contribution in [0, 0.1) is 27.7 Å². The van der Waals surface area contributed by atoms with Gasteiger partial charge in [0.15, 0.2) is 15.6 Å². The number of benzene rings is 1. The highest BCUT2D eigenvalue weighted by atomic mass is 32.2. The molecule has 35 heavy (non-hydrogen) atoms. The minimum absolute atomic E-state index is 0.0942. The predicted octanol–water partition coefficient (Wildman–Crippen LogP) is 4.20. The maximum absolute atomic E-state index is 13.3. The summed E-state index contributed by atoms with van der Waals surface area (Å²) in [7, 11) is -1.04. The van der Waals surface area contributed by atoms with Crippen molar-refractivity contribution in [3.8, 4) is 0 Å². The molecule has 188 valence electrons. The number of aryl methyl sites for hydroxylation is 2. The second-order valence-corrected chi connectivity index (χ2v) is 12.2. The number of aromatic nitrogens is 3. The van der Waals surface area contributed by atoms with Gasteiger partial charge in [-0.3, -0.25) is 14.4 Å². The number of carbonyl (C=O) groups excluding carboxylic acids is 1. The minimum atomic E-state index is -2.98. The fourth-order valence-corrected chi connectivity index (χ4v) is 7.13. The molecule has 1 fully saturated rings. The summed E-state index contributed by atoms with van der Waals surface area (Å²) >= 11 is 0. The first-order valence-electron chi connectivity index (χ1n) is 12.2. The van der Waals surface area contributed by atoms with E-state index in [1.165, 1.54) is 5.56 Å². The SMILES string of the molecule is Cc1nn([C@H]2CCS(=O)(=O)C2)c(C)c1CN(C)CC(=O)c1cc(C)n([C@@H](C)c2ccccc2)c1C. The molecule has 4 rings (SSSR count). The molecule has 2 atom stereocenters. The highest BCUT2D eigenvalue weighted by molar-refractivity contribution is 7.91. The fraction of sp³-hybridized carbons (Fsp3) is 0.481. The van der Waals surface area contributed by atoms with E-state index in [-0.39, 0.29) is 29.4 Å². The average molecular weight is 497 g/mol. The van der Waals surface area contributed by atoms with Crippen LogP contribution >= 0.6 is 0 Å². The van der Waals surface area contributed by atoms with E-state index in [4.69, 9.17) is 0 Å². The number of hydrogen-bond donors (Lipinski definition) is 0. The van der Waals surface area contributed by atoms with E-state index in [0.29, 0.717) is 19.5 Å². The van der Waals surface area contributed by atoms with Crippen LogP contribution in [-0.4, -0.2) is 58.5 Å². The van der Waals surface area contributed by atoms with Gasteiger partial charge in [-0.15, -0.1) is 0 Å². The summed E-state index contributed by atoms with van der Waals surface area (Å²) in [5.41, 5.74) is 6.97. The second kappa shape index (κ2) is 9.74. The van der Waals surface area contributed by atoms with Crippen LogP contribution < -0.4 is 0 Å². The summed E-state index contributed by atoms with van der Waals surface area (Å²) in [6, 6.07) is 12.4. The number of nitrogens with zero attached hydrogens (tertiary/aromatic N) is 4. The molecule has 0 N–H and O–H groups in total. The van der Waals surface area contributed by atoms with Crippen LogP contribution in [-0.2, 0) is 16.4 Å². The number of carbonyl (C=O) groups is 1. The van der Waals surface area contributed by atoms with Crippen LogP contribution in [0.25, 0.3) is 0 Å². The van der Waals surface area contributed by atoms with Gasteiger partial charge >= 0.3 is 0 Å². The lowest BCUT2D eigenvalue weighted by molar-refractivity contribution is 0.0942. The minimum Gasteiger partial charge on any atom is -0.341 e. The quantitative estimate of drug-likeness (QED) is 0.437. The standard InChI is InChI=1S/C27H36N4O3S/c1-18-14-25(21(4)30(18)20(3)23-10-8-7-9-11-23)27(32)16-29(6)15-26-19(2)28-31(22(26)5)24-12-13-35(33,34)17-24/h7-11,14,20,24H,12-13,15-17H2,1-6H3/t20-,24-/m0/s1. The van der Waals surface area contributed by atoms with Crippen molar-refractivity contribution >= 4 is 15.6 Å². The van der Waals surface area contributed by atoms with Crippen LogP contribution in [0.4, 0.5) is 0 Å². The van der Waals surface area contributed by atoms with Gasteiger partial charge in [-0.1, -0.05) is 30.3 Å². The predicted molar refractivity (Wildman–Crippen MR) is 139 cm³/mol. The fourth-order valence-electron chi connectivity index (χ4n) is 5.44. The van der Waals surface area contributed by atoms with Gasteiger partial charge in [0.2, 0.25) is 0 Å². The van der Waals surface area contributed by atoms with Crippen molar-refractivity contribution in [2.45, 2.75) is 59.7 Å². The third kappa shape index (κ3) is 5.14. The maximum atomic E-state index is 13.3. The Bertz CT molecular complexity index is 1340. The van der Waals surface area contributed by atoms with Gasteiger partial charge in [0.25, 0.3) is 0 Å². The van der Waals surface area contributed by atoms with Crippen molar-refractivity contribution in [2.24, 2.45) is 0 Å². The van der Waals surface area contributed by atoms with E-state index in [9.17, 15) is 13.2 Å². The van der Waals surface area contributed by atoms with Crippen molar-refractivity contribution in [2.75, 3.05) is 25.1 Å². The molecular weight excluding hydrogens is 460 g/mol. The summed E-state index contributed by atoms with van der Waals surface area (Å²) in [5.74, 6) is 0.470. The number of Topliss-reactive ketones (excluding diaryl/α,β-unsaturated/α-hetero) is 1. The Morgan fingerprint density at radius 3 is 2.46 bits per heavy atom. The molecule has 1 saturated heterocycles. The first-order valence-corrected chi connectivity index (χ1v) is 14.0. The Morgan fingerprint density at radius 2 is 1.83 bits per heavy atom. The molecule has 0 bridgehead atoms. The summed E-state index contributed by atoms with van der Waals surface area (Å²) in [6.07, 6.45) is 0.606. The second-order valence-electron chi connectivity index (χ2n) is 9.99. The number of sulfone groups is 1. The van der Waals surface area contributed by atoms with Crippen LogP contribution in [0.1, 0.15) is 69.7 Å². The first kappa shape index (κ1) is 25.4. The molecule has 0 amide bonds. The van der Waals surface area contributed by atoms with Crippen molar-refractivity contribution < 1.29 is 13.2 Å². The molecule has 2 aromatic heterocycles. The van der Waals surface area contributed by atoms with Crippen molar-refractivity contribution in [1.29, 1.82) is 0 Å². The lowest BCUT2D eigenvalue weighted by Gasteiger charge is -2.20. The van der Waals surface area contributed by atoms with Gasteiger partial charge in [0.05, 0.1) is 35.8 Å². The zero-order chi connectivity index (χ0) is 25.5. The largest absolute Gasteiger partial charge is 0.341 e. The van der Waals surface area contributed by atoms with Crippen LogP contribution in [0.3, 0.4) is 0 Å². The zero-order valence-electron chi connectivity index (χ0n) is 21.6. The van der Waals surface area contributed by atoms with E-state index >= 15 is 0 Å². The molecule has 0 radical (unpaired) electrons. The van der Waals surface area contributed by atoms with E-state index in [0.717, 1.165) is 33.9 Å². The normalized spacial score (nSPS) is 18.3. The molecule has 3 aromatic rings. The molecular formula is C27H36N4O3S. The van der Waals surface area contributed by atoms with E-state index < -0.39 is 9.84 Å². The Morgan fingerprint density at radius 1 is 1.14 bits per heavy atom. The molecule has 0 saturated carbocycles. The molecule has 1 aromatic carbocycles. The number of ketones is 1. The van der Waals surface area contributed by atoms with E-state index in [1.54, 1.807) is 0 Å². The van der Waals surface area contributed by atoms with Gasteiger partial charge in [-0.25, -0.2) is 8.42 Å². The third-order valence-corrected chi connectivity index (χ3v) is 9.08. The van der Waals surface area contributed by atoms with Gasteiger partial charge in [-0.2, -0.15) is 5.10 Å². The molecule has 1 aliphatic heterocycles. The Labute approximate surface area is 208 Å². The zero-order valence-corrected chi connectivity index (χ0v) is 22.4. The summed E-state index contributed by atoms with van der Waals surface area (Å²) in [5, 5.41) is 4.66.